The van der Waals surface area contributed by atoms with E-state index in [4.69, 9.17) is 4.74 Å². The third-order valence-electron chi connectivity index (χ3n) is 3.89. The molecule has 1 fully saturated rings. The highest BCUT2D eigenvalue weighted by atomic mass is 16.5. The van der Waals surface area contributed by atoms with Gasteiger partial charge in [0.1, 0.15) is 12.4 Å². The number of hydrogen-bond donors (Lipinski definition) is 1. The Morgan fingerprint density at radius 3 is 2.79 bits per heavy atom. The maximum atomic E-state index is 10.5. The van der Waals surface area contributed by atoms with Crippen LogP contribution in [-0.4, -0.2) is 22.3 Å². The van der Waals surface area contributed by atoms with Crippen molar-refractivity contribution in [2.75, 3.05) is 6.61 Å². The van der Waals surface area contributed by atoms with Crippen molar-refractivity contribution in [3.8, 4) is 5.75 Å². The second-order valence-corrected chi connectivity index (χ2v) is 5.40. The fourth-order valence-electron chi connectivity index (χ4n) is 2.77. The first kappa shape index (κ1) is 12.4. The predicted octanol–water partition coefficient (Wildman–Crippen LogP) is 3.31. The molecule has 0 saturated heterocycles. The van der Waals surface area contributed by atoms with Gasteiger partial charge in [-0.25, -0.2) is 0 Å². The summed E-state index contributed by atoms with van der Waals surface area (Å²) in [5, 5.41) is 11.5. The minimum atomic E-state index is -0.650. The molecule has 3 rings (SSSR count). The molecule has 1 aromatic carbocycles. The van der Waals surface area contributed by atoms with Gasteiger partial charge in [-0.3, -0.25) is 4.98 Å². The van der Waals surface area contributed by atoms with Gasteiger partial charge in [-0.1, -0.05) is 25.3 Å². The van der Waals surface area contributed by atoms with Gasteiger partial charge in [0.15, 0.2) is 0 Å². The number of aliphatic hydroxyl groups is 1. The van der Waals surface area contributed by atoms with Gasteiger partial charge >= 0.3 is 0 Å². The number of pyridine rings is 1. The minimum Gasteiger partial charge on any atom is -0.490 e. The van der Waals surface area contributed by atoms with Crippen molar-refractivity contribution in [3.63, 3.8) is 0 Å². The second kappa shape index (κ2) is 5.17. The minimum absolute atomic E-state index is 0.376. The molecule has 1 aromatic heterocycles. The molecule has 0 bridgehead atoms. The van der Waals surface area contributed by atoms with E-state index in [0.29, 0.717) is 6.61 Å². The van der Waals surface area contributed by atoms with E-state index in [9.17, 15) is 5.11 Å². The zero-order chi connectivity index (χ0) is 13.1. The summed E-state index contributed by atoms with van der Waals surface area (Å²) in [4.78, 5) is 4.31. The van der Waals surface area contributed by atoms with Gasteiger partial charge in [0.05, 0.1) is 11.1 Å². The molecule has 3 nitrogen and oxygen atoms in total. The molecule has 19 heavy (non-hydrogen) atoms. The van der Waals surface area contributed by atoms with Crippen LogP contribution >= 0.6 is 0 Å². The molecule has 2 aromatic rings. The molecule has 0 unspecified atom stereocenters. The van der Waals surface area contributed by atoms with E-state index in [1.165, 1.54) is 6.42 Å². The van der Waals surface area contributed by atoms with Crippen molar-refractivity contribution in [3.05, 3.63) is 36.5 Å². The van der Waals surface area contributed by atoms with Crippen LogP contribution in [0.4, 0.5) is 0 Å². The molecule has 1 aliphatic rings. The Morgan fingerprint density at radius 1 is 1.11 bits per heavy atom. The van der Waals surface area contributed by atoms with Crippen molar-refractivity contribution < 1.29 is 9.84 Å². The smallest absolute Gasteiger partial charge is 0.128 e. The fourth-order valence-corrected chi connectivity index (χ4v) is 2.77. The van der Waals surface area contributed by atoms with E-state index < -0.39 is 5.60 Å². The second-order valence-electron chi connectivity index (χ2n) is 5.40. The molecule has 0 atom stereocenters. The van der Waals surface area contributed by atoms with Crippen LogP contribution in [0.1, 0.15) is 32.1 Å². The summed E-state index contributed by atoms with van der Waals surface area (Å²) < 4.78 is 5.87. The molecule has 0 amide bonds. The average molecular weight is 257 g/mol. The summed E-state index contributed by atoms with van der Waals surface area (Å²) in [5.74, 6) is 0.810. The molecule has 100 valence electrons. The number of nitrogens with zero attached hydrogens (tertiary/aromatic N) is 1. The van der Waals surface area contributed by atoms with Crippen LogP contribution in [0.5, 0.6) is 5.75 Å². The Labute approximate surface area is 113 Å². The average Bonchev–Trinajstić information content (AvgIpc) is 2.46. The van der Waals surface area contributed by atoms with E-state index in [-0.39, 0.29) is 0 Å². The summed E-state index contributed by atoms with van der Waals surface area (Å²) in [6.45, 7) is 0.376. The third-order valence-corrected chi connectivity index (χ3v) is 3.89. The molecule has 1 saturated carbocycles. The van der Waals surface area contributed by atoms with Gasteiger partial charge in [-0.2, -0.15) is 0 Å². The first-order chi connectivity index (χ1) is 9.27. The van der Waals surface area contributed by atoms with Crippen molar-refractivity contribution in [1.82, 2.24) is 4.98 Å². The van der Waals surface area contributed by atoms with E-state index in [0.717, 1.165) is 42.3 Å². The summed E-state index contributed by atoms with van der Waals surface area (Å²) >= 11 is 0. The Balaban J connectivity index is 1.78. The normalized spacial score (nSPS) is 18.4. The highest BCUT2D eigenvalue weighted by molar-refractivity contribution is 5.84. The lowest BCUT2D eigenvalue weighted by atomic mass is 9.85. The van der Waals surface area contributed by atoms with E-state index >= 15 is 0 Å². The Morgan fingerprint density at radius 2 is 1.95 bits per heavy atom. The maximum Gasteiger partial charge on any atom is 0.128 e. The maximum absolute atomic E-state index is 10.5. The number of benzene rings is 1. The van der Waals surface area contributed by atoms with Crippen LogP contribution in [0.25, 0.3) is 10.9 Å². The molecular weight excluding hydrogens is 238 g/mol. The summed E-state index contributed by atoms with van der Waals surface area (Å²) in [7, 11) is 0. The molecule has 1 aliphatic carbocycles. The van der Waals surface area contributed by atoms with Crippen LogP contribution in [0.2, 0.25) is 0 Å². The molecule has 0 aliphatic heterocycles. The SMILES string of the molecule is OC1(COc2cccc3ncccc23)CCCCC1. The van der Waals surface area contributed by atoms with Gasteiger partial charge in [0.2, 0.25) is 0 Å². The van der Waals surface area contributed by atoms with E-state index in [2.05, 4.69) is 4.98 Å². The van der Waals surface area contributed by atoms with E-state index in [1.807, 2.05) is 30.3 Å². The van der Waals surface area contributed by atoms with Gasteiger partial charge in [0, 0.05) is 11.6 Å². The van der Waals surface area contributed by atoms with Gasteiger partial charge in [-0.15, -0.1) is 0 Å². The van der Waals surface area contributed by atoms with Crippen molar-refractivity contribution in [2.24, 2.45) is 0 Å². The van der Waals surface area contributed by atoms with Gasteiger partial charge < -0.3 is 9.84 Å². The number of hydrogen-bond acceptors (Lipinski definition) is 3. The number of fused-ring (bicyclic) bond motifs is 1. The largest absolute Gasteiger partial charge is 0.490 e. The zero-order valence-electron chi connectivity index (χ0n) is 11.0. The van der Waals surface area contributed by atoms with Crippen LogP contribution in [-0.2, 0) is 0 Å². The number of aromatic nitrogens is 1. The zero-order valence-corrected chi connectivity index (χ0v) is 11.0. The molecule has 3 heteroatoms. The molecule has 0 radical (unpaired) electrons. The molecular formula is C16H19NO2. The first-order valence-corrected chi connectivity index (χ1v) is 6.96. The van der Waals surface area contributed by atoms with Crippen molar-refractivity contribution in [1.29, 1.82) is 0 Å². The third kappa shape index (κ3) is 2.71. The van der Waals surface area contributed by atoms with Crippen LogP contribution in [0.3, 0.4) is 0 Å². The van der Waals surface area contributed by atoms with E-state index in [1.54, 1.807) is 6.20 Å². The molecule has 1 N–H and O–H groups in total. The number of rotatable bonds is 3. The van der Waals surface area contributed by atoms with Crippen molar-refractivity contribution >= 4 is 10.9 Å². The quantitative estimate of drug-likeness (QED) is 0.917. The lowest BCUT2D eigenvalue weighted by molar-refractivity contribution is -0.0335. The van der Waals surface area contributed by atoms with Gasteiger partial charge in [-0.05, 0) is 37.1 Å². The Bertz CT molecular complexity index is 556. The summed E-state index contributed by atoms with van der Waals surface area (Å²) in [6.07, 6.45) is 6.88. The summed E-state index contributed by atoms with van der Waals surface area (Å²) in [5.41, 5.74) is 0.276. The number of ether oxygens (including phenoxy) is 1. The van der Waals surface area contributed by atoms with Crippen LogP contribution in [0.15, 0.2) is 36.5 Å². The molecule has 1 heterocycles. The molecule has 0 spiro atoms. The topological polar surface area (TPSA) is 42.4 Å². The lowest BCUT2D eigenvalue weighted by Crippen LogP contribution is -2.37. The summed E-state index contributed by atoms with van der Waals surface area (Å²) in [6, 6.07) is 9.76. The van der Waals surface area contributed by atoms with Crippen LogP contribution in [0, 0.1) is 0 Å². The lowest BCUT2D eigenvalue weighted by Gasteiger charge is -2.31. The fraction of sp³-hybridized carbons (Fsp3) is 0.438. The monoisotopic (exact) mass is 257 g/mol. The standard InChI is InChI=1S/C16H19NO2/c18-16(9-2-1-3-10-16)12-19-15-8-4-7-14-13(15)6-5-11-17-14/h4-8,11,18H,1-3,9-10,12H2. The van der Waals surface area contributed by atoms with Crippen molar-refractivity contribution in [2.45, 2.75) is 37.7 Å². The first-order valence-electron chi connectivity index (χ1n) is 6.96. The predicted molar refractivity (Wildman–Crippen MR) is 75.3 cm³/mol. The Kier molecular flexibility index (Phi) is 3.38. The Hall–Kier alpha value is -1.61. The van der Waals surface area contributed by atoms with Gasteiger partial charge in [0.25, 0.3) is 0 Å². The highest BCUT2D eigenvalue weighted by Gasteiger charge is 2.30. The van der Waals surface area contributed by atoms with Crippen LogP contribution < -0.4 is 4.74 Å². The highest BCUT2D eigenvalue weighted by Crippen LogP contribution is 2.30.